The van der Waals surface area contributed by atoms with E-state index in [2.05, 4.69) is 10.6 Å². The van der Waals surface area contributed by atoms with E-state index in [9.17, 15) is 14.4 Å². The average molecular weight is 530 g/mol. The highest BCUT2D eigenvalue weighted by atomic mass is 35.5. The number of carbonyl (C=O) groups excluding carboxylic acids is 3. The van der Waals surface area contributed by atoms with Gasteiger partial charge in [0, 0.05) is 5.54 Å². The molecule has 1 atom stereocenters. The molecule has 7 nitrogen and oxygen atoms in total. The molecule has 0 spiro atoms. The molecule has 0 heterocycles. The summed E-state index contributed by atoms with van der Waals surface area (Å²) in [6.45, 7) is 16.4. The Labute approximate surface area is 225 Å². The highest BCUT2D eigenvalue weighted by Crippen LogP contribution is 2.36. The normalized spacial score (nSPS) is 12.5. The van der Waals surface area contributed by atoms with Gasteiger partial charge in [-0.2, -0.15) is 0 Å². The summed E-state index contributed by atoms with van der Waals surface area (Å²) in [6, 6.07) is 10.2. The van der Waals surface area contributed by atoms with E-state index >= 15 is 0 Å². The lowest BCUT2D eigenvalue weighted by Gasteiger charge is -2.44. The number of hydrogen-bond acceptors (Lipinski definition) is 4. The first kappa shape index (κ1) is 30.2. The molecular formula is C29H40ClN3O4. The van der Waals surface area contributed by atoms with Crippen LogP contribution in [0.15, 0.2) is 36.4 Å². The zero-order chi connectivity index (χ0) is 28.1. The molecule has 0 aliphatic heterocycles. The van der Waals surface area contributed by atoms with Crippen LogP contribution in [-0.4, -0.2) is 40.5 Å². The molecule has 0 aliphatic rings. The Morgan fingerprint density at radius 2 is 1.49 bits per heavy atom. The number of halogens is 1. The van der Waals surface area contributed by atoms with Gasteiger partial charge in [-0.25, -0.2) is 4.79 Å². The molecular weight excluding hydrogens is 490 g/mol. The summed E-state index contributed by atoms with van der Waals surface area (Å²) >= 11 is 6.43. The zero-order valence-electron chi connectivity index (χ0n) is 23.4. The van der Waals surface area contributed by atoms with Crippen molar-refractivity contribution in [2.75, 3.05) is 11.9 Å². The van der Waals surface area contributed by atoms with Crippen molar-refractivity contribution in [2.24, 2.45) is 0 Å². The summed E-state index contributed by atoms with van der Waals surface area (Å²) in [7, 11) is 0. The molecule has 2 aromatic carbocycles. The molecule has 0 aromatic heterocycles. The van der Waals surface area contributed by atoms with E-state index in [0.29, 0.717) is 17.1 Å². The van der Waals surface area contributed by atoms with E-state index in [0.717, 1.165) is 22.3 Å². The Morgan fingerprint density at radius 1 is 0.946 bits per heavy atom. The van der Waals surface area contributed by atoms with Crippen LogP contribution in [0.5, 0.6) is 0 Å². The second kappa shape index (κ2) is 12.0. The first-order valence-corrected chi connectivity index (χ1v) is 12.9. The number of benzene rings is 2. The Morgan fingerprint density at radius 3 is 2.00 bits per heavy atom. The fourth-order valence-electron chi connectivity index (χ4n) is 4.17. The van der Waals surface area contributed by atoms with Crippen LogP contribution >= 0.6 is 11.6 Å². The van der Waals surface area contributed by atoms with Gasteiger partial charge in [0.05, 0.1) is 10.7 Å². The van der Waals surface area contributed by atoms with E-state index < -0.39 is 29.2 Å². The molecule has 2 aromatic rings. The first-order valence-electron chi connectivity index (χ1n) is 12.5. The first-order chi connectivity index (χ1) is 17.1. The fraction of sp³-hybridized carbons (Fsp3) is 0.483. The van der Waals surface area contributed by atoms with Gasteiger partial charge >= 0.3 is 6.09 Å². The molecule has 2 N–H and O–H groups in total. The fourth-order valence-corrected chi connectivity index (χ4v) is 4.44. The number of carbonyl (C=O) groups is 3. The predicted molar refractivity (Wildman–Crippen MR) is 149 cm³/mol. The lowest BCUT2D eigenvalue weighted by Crippen LogP contribution is -2.55. The molecule has 0 aliphatic carbocycles. The van der Waals surface area contributed by atoms with E-state index in [1.165, 1.54) is 0 Å². The number of alkyl carbamates (subject to hydrolysis) is 1. The van der Waals surface area contributed by atoms with Crippen molar-refractivity contribution in [3.63, 3.8) is 0 Å². The van der Waals surface area contributed by atoms with Crippen molar-refractivity contribution in [2.45, 2.75) is 85.9 Å². The lowest BCUT2D eigenvalue weighted by atomic mass is 9.89. The molecule has 37 heavy (non-hydrogen) atoms. The van der Waals surface area contributed by atoms with Gasteiger partial charge in [0.1, 0.15) is 18.2 Å². The Bertz CT molecular complexity index is 1110. The van der Waals surface area contributed by atoms with E-state index in [1.807, 2.05) is 71.9 Å². The van der Waals surface area contributed by atoms with Gasteiger partial charge in [-0.05, 0) is 90.1 Å². The number of amides is 3. The maximum absolute atomic E-state index is 14.1. The SMILES string of the molecule is CCC(C)(C)N(C(=O)CNC(=O)OC(C)(C)C)C(C(=O)Nc1c(C)cccc1Cl)c1c(C)cccc1C. The van der Waals surface area contributed by atoms with Crippen LogP contribution in [0.2, 0.25) is 5.02 Å². The Balaban J connectivity index is 2.59. The largest absolute Gasteiger partial charge is 0.444 e. The molecule has 3 amide bonds. The Kier molecular flexibility index (Phi) is 9.78. The highest BCUT2D eigenvalue weighted by molar-refractivity contribution is 6.34. The number of anilines is 1. The van der Waals surface area contributed by atoms with Crippen LogP contribution in [-0.2, 0) is 14.3 Å². The van der Waals surface area contributed by atoms with Gasteiger partial charge in [-0.1, -0.05) is 48.9 Å². The van der Waals surface area contributed by atoms with Gasteiger partial charge < -0.3 is 20.3 Å². The van der Waals surface area contributed by atoms with Gasteiger partial charge in [0.15, 0.2) is 0 Å². The van der Waals surface area contributed by atoms with Crippen LogP contribution in [0.25, 0.3) is 0 Å². The van der Waals surface area contributed by atoms with Crippen molar-refractivity contribution in [1.29, 1.82) is 0 Å². The minimum Gasteiger partial charge on any atom is -0.444 e. The molecule has 0 radical (unpaired) electrons. The summed E-state index contributed by atoms with van der Waals surface area (Å²) in [6.07, 6.45) is -0.125. The molecule has 0 fully saturated rings. The predicted octanol–water partition coefficient (Wildman–Crippen LogP) is 6.49. The third-order valence-electron chi connectivity index (χ3n) is 6.36. The van der Waals surface area contributed by atoms with Gasteiger partial charge in [-0.15, -0.1) is 0 Å². The van der Waals surface area contributed by atoms with Crippen LogP contribution in [0.1, 0.15) is 76.3 Å². The average Bonchev–Trinajstić information content (AvgIpc) is 2.78. The maximum atomic E-state index is 14.1. The summed E-state index contributed by atoms with van der Waals surface area (Å²) in [5.41, 5.74) is 2.36. The highest BCUT2D eigenvalue weighted by Gasteiger charge is 2.41. The standard InChI is InChI=1S/C29H40ClN3O4/c1-10-29(8,9)33(22(34)17-31-27(36)37-28(5,6)7)25(23-18(2)13-11-14-19(23)3)26(35)32-24-20(4)15-12-16-21(24)30/h11-16,25H,10,17H2,1-9H3,(H,31,36)(H,32,35). The van der Waals surface area contributed by atoms with E-state index in [4.69, 9.17) is 16.3 Å². The van der Waals surface area contributed by atoms with Crippen LogP contribution < -0.4 is 10.6 Å². The van der Waals surface area contributed by atoms with Crippen molar-refractivity contribution in [3.05, 3.63) is 63.7 Å². The van der Waals surface area contributed by atoms with Crippen LogP contribution in [0, 0.1) is 20.8 Å². The summed E-state index contributed by atoms with van der Waals surface area (Å²) in [4.78, 5) is 41.8. The topological polar surface area (TPSA) is 87.7 Å². The molecule has 8 heteroatoms. The van der Waals surface area contributed by atoms with E-state index in [1.54, 1.807) is 31.7 Å². The molecule has 202 valence electrons. The van der Waals surface area contributed by atoms with Crippen molar-refractivity contribution >= 4 is 35.2 Å². The Hall–Kier alpha value is -3.06. The third-order valence-corrected chi connectivity index (χ3v) is 6.68. The summed E-state index contributed by atoms with van der Waals surface area (Å²) in [5, 5.41) is 5.95. The lowest BCUT2D eigenvalue weighted by molar-refractivity contribution is -0.145. The second-order valence-corrected chi connectivity index (χ2v) is 11.3. The minimum atomic E-state index is -0.972. The van der Waals surface area contributed by atoms with Gasteiger partial charge in [-0.3, -0.25) is 9.59 Å². The zero-order valence-corrected chi connectivity index (χ0v) is 24.2. The van der Waals surface area contributed by atoms with Crippen LogP contribution in [0.3, 0.4) is 0 Å². The number of nitrogens with zero attached hydrogens (tertiary/aromatic N) is 1. The number of ether oxygens (including phenoxy) is 1. The molecule has 0 bridgehead atoms. The number of aryl methyl sites for hydroxylation is 3. The third kappa shape index (κ3) is 7.71. The quantitative estimate of drug-likeness (QED) is 0.409. The number of rotatable bonds is 8. The van der Waals surface area contributed by atoms with Crippen molar-refractivity contribution in [3.8, 4) is 0 Å². The van der Waals surface area contributed by atoms with Crippen LogP contribution in [0.4, 0.5) is 10.5 Å². The minimum absolute atomic E-state index is 0.321. The summed E-state index contributed by atoms with van der Waals surface area (Å²) < 4.78 is 5.30. The van der Waals surface area contributed by atoms with E-state index in [-0.39, 0.29) is 12.5 Å². The molecule has 1 unspecified atom stereocenters. The van der Waals surface area contributed by atoms with Gasteiger partial charge in [0.25, 0.3) is 5.91 Å². The van der Waals surface area contributed by atoms with Gasteiger partial charge in [0.2, 0.25) is 5.91 Å². The molecule has 0 saturated heterocycles. The number of hydrogen-bond donors (Lipinski definition) is 2. The number of para-hydroxylation sites is 1. The van der Waals surface area contributed by atoms with Crippen molar-refractivity contribution in [1.82, 2.24) is 10.2 Å². The molecule has 2 rings (SSSR count). The second-order valence-electron chi connectivity index (χ2n) is 10.9. The number of nitrogens with one attached hydrogen (secondary N) is 2. The summed E-state index contributed by atoms with van der Waals surface area (Å²) in [5.74, 6) is -0.794. The monoisotopic (exact) mass is 529 g/mol. The smallest absolute Gasteiger partial charge is 0.408 e. The van der Waals surface area contributed by atoms with Crippen molar-refractivity contribution < 1.29 is 19.1 Å². The maximum Gasteiger partial charge on any atom is 0.408 e. The molecule has 0 saturated carbocycles.